The molecule has 1 aliphatic carbocycles. The monoisotopic (exact) mass is 433 g/mol. The van der Waals surface area contributed by atoms with Gasteiger partial charge in [0.1, 0.15) is 5.75 Å². The Kier molecular flexibility index (Phi) is 8.82. The van der Waals surface area contributed by atoms with E-state index in [-0.39, 0.29) is 5.91 Å². The van der Waals surface area contributed by atoms with Crippen LogP contribution in [0.5, 0.6) is 5.75 Å². The van der Waals surface area contributed by atoms with E-state index in [1.165, 1.54) is 31.0 Å². The Hall–Kier alpha value is -2.26. The van der Waals surface area contributed by atoms with Gasteiger partial charge in [0.2, 0.25) is 5.91 Å². The molecule has 1 aliphatic rings. The highest BCUT2D eigenvalue weighted by Gasteiger charge is 2.23. The second-order valence-electron chi connectivity index (χ2n) is 7.28. The summed E-state index contributed by atoms with van der Waals surface area (Å²) in [5.41, 5.74) is 0.972. The standard InChI is InChI=1S/C21H31N5O3S/c1-28-12-11-22-20(27)15-30-21-25-24-19(26(21)17-8-4-3-5-9-17)14-23-16-7-6-10-18(13-16)29-2/h6-7,10,13,17,23H,3-5,8-9,11-12,14-15H2,1-2H3,(H,22,27). The molecule has 1 saturated carbocycles. The number of carbonyl (C=O) groups excluding carboxylic acids is 1. The minimum atomic E-state index is -0.0219. The molecule has 8 nitrogen and oxygen atoms in total. The van der Waals surface area contributed by atoms with Gasteiger partial charge in [0.05, 0.1) is 26.0 Å². The van der Waals surface area contributed by atoms with Crippen LogP contribution in [0, 0.1) is 0 Å². The number of rotatable bonds is 11. The summed E-state index contributed by atoms with van der Waals surface area (Å²) in [6.45, 7) is 1.59. The first-order valence-electron chi connectivity index (χ1n) is 10.4. The van der Waals surface area contributed by atoms with Crippen molar-refractivity contribution in [3.8, 4) is 5.75 Å². The number of carbonyl (C=O) groups is 1. The predicted octanol–water partition coefficient (Wildman–Crippen LogP) is 3.26. The van der Waals surface area contributed by atoms with E-state index < -0.39 is 0 Å². The fourth-order valence-electron chi connectivity index (χ4n) is 3.62. The maximum Gasteiger partial charge on any atom is 0.230 e. The van der Waals surface area contributed by atoms with E-state index >= 15 is 0 Å². The fraction of sp³-hybridized carbons (Fsp3) is 0.571. The van der Waals surface area contributed by atoms with Crippen LogP contribution in [0.3, 0.4) is 0 Å². The molecule has 9 heteroatoms. The summed E-state index contributed by atoms with van der Waals surface area (Å²) in [6, 6.07) is 8.22. The van der Waals surface area contributed by atoms with Crippen molar-refractivity contribution in [1.82, 2.24) is 20.1 Å². The summed E-state index contributed by atoms with van der Waals surface area (Å²) in [7, 11) is 3.28. The minimum absolute atomic E-state index is 0.0219. The molecule has 0 aliphatic heterocycles. The number of methoxy groups -OCH3 is 2. The third-order valence-electron chi connectivity index (χ3n) is 5.16. The lowest BCUT2D eigenvalue weighted by molar-refractivity contribution is -0.118. The maximum atomic E-state index is 12.1. The van der Waals surface area contributed by atoms with Gasteiger partial charge in [0.25, 0.3) is 0 Å². The van der Waals surface area contributed by atoms with Crippen LogP contribution in [0.15, 0.2) is 29.4 Å². The molecule has 0 spiro atoms. The summed E-state index contributed by atoms with van der Waals surface area (Å²) in [5, 5.41) is 15.9. The number of hydrogen-bond donors (Lipinski definition) is 2. The molecule has 1 heterocycles. The lowest BCUT2D eigenvalue weighted by atomic mass is 9.95. The first-order valence-corrected chi connectivity index (χ1v) is 11.4. The zero-order chi connectivity index (χ0) is 21.2. The Bertz CT molecular complexity index is 808. The summed E-state index contributed by atoms with van der Waals surface area (Å²) >= 11 is 1.44. The molecule has 30 heavy (non-hydrogen) atoms. The normalized spacial score (nSPS) is 14.5. The van der Waals surface area contributed by atoms with E-state index in [0.29, 0.717) is 31.5 Å². The van der Waals surface area contributed by atoms with Gasteiger partial charge >= 0.3 is 0 Å². The van der Waals surface area contributed by atoms with Crippen molar-refractivity contribution >= 4 is 23.4 Å². The highest BCUT2D eigenvalue weighted by atomic mass is 32.2. The van der Waals surface area contributed by atoms with E-state index in [0.717, 1.165) is 35.3 Å². The molecular weight excluding hydrogens is 402 g/mol. The maximum absolute atomic E-state index is 12.1. The van der Waals surface area contributed by atoms with Crippen molar-refractivity contribution in [3.63, 3.8) is 0 Å². The Balaban J connectivity index is 1.68. The topological polar surface area (TPSA) is 90.3 Å². The third-order valence-corrected chi connectivity index (χ3v) is 6.10. The van der Waals surface area contributed by atoms with Crippen LogP contribution < -0.4 is 15.4 Å². The summed E-state index contributed by atoms with van der Waals surface area (Å²) in [5.74, 6) is 2.00. The van der Waals surface area contributed by atoms with Gasteiger partial charge < -0.3 is 24.7 Å². The van der Waals surface area contributed by atoms with Crippen molar-refractivity contribution in [1.29, 1.82) is 0 Å². The molecular formula is C21H31N5O3S. The lowest BCUT2D eigenvalue weighted by Crippen LogP contribution is -2.28. The van der Waals surface area contributed by atoms with E-state index in [9.17, 15) is 4.79 Å². The van der Waals surface area contributed by atoms with Gasteiger partial charge in [0, 0.05) is 31.5 Å². The van der Waals surface area contributed by atoms with Crippen LogP contribution in [0.4, 0.5) is 5.69 Å². The molecule has 0 bridgehead atoms. The van der Waals surface area contributed by atoms with Crippen LogP contribution in [-0.4, -0.2) is 53.8 Å². The third kappa shape index (κ3) is 6.37. The van der Waals surface area contributed by atoms with Gasteiger partial charge in [-0.05, 0) is 25.0 Å². The zero-order valence-corrected chi connectivity index (χ0v) is 18.5. The number of amides is 1. The fourth-order valence-corrected chi connectivity index (χ4v) is 4.47. The number of hydrogen-bond acceptors (Lipinski definition) is 7. The minimum Gasteiger partial charge on any atom is -0.497 e. The molecule has 164 valence electrons. The van der Waals surface area contributed by atoms with Crippen LogP contribution in [-0.2, 0) is 16.1 Å². The molecule has 2 aromatic rings. The smallest absolute Gasteiger partial charge is 0.230 e. The second kappa shape index (κ2) is 11.8. The molecule has 3 rings (SSSR count). The lowest BCUT2D eigenvalue weighted by Gasteiger charge is -2.25. The molecule has 1 aromatic carbocycles. The molecule has 2 N–H and O–H groups in total. The largest absolute Gasteiger partial charge is 0.497 e. The van der Waals surface area contributed by atoms with Gasteiger partial charge in [-0.15, -0.1) is 10.2 Å². The number of anilines is 1. The van der Waals surface area contributed by atoms with Crippen molar-refractivity contribution in [2.24, 2.45) is 0 Å². The molecule has 0 saturated heterocycles. The molecule has 0 unspecified atom stereocenters. The number of thioether (sulfide) groups is 1. The summed E-state index contributed by atoms with van der Waals surface area (Å²) < 4.78 is 12.5. The van der Waals surface area contributed by atoms with Crippen molar-refractivity contribution in [2.45, 2.75) is 49.8 Å². The number of nitrogens with zero attached hydrogens (tertiary/aromatic N) is 3. The zero-order valence-electron chi connectivity index (χ0n) is 17.7. The van der Waals surface area contributed by atoms with Crippen molar-refractivity contribution < 1.29 is 14.3 Å². The van der Waals surface area contributed by atoms with Crippen LogP contribution >= 0.6 is 11.8 Å². The Morgan fingerprint density at radius 3 is 2.83 bits per heavy atom. The van der Waals surface area contributed by atoms with E-state index in [1.807, 2.05) is 24.3 Å². The molecule has 1 fully saturated rings. The Labute approximate surface area is 182 Å². The van der Waals surface area contributed by atoms with Crippen molar-refractivity contribution in [2.75, 3.05) is 38.4 Å². The van der Waals surface area contributed by atoms with Crippen molar-refractivity contribution in [3.05, 3.63) is 30.1 Å². The summed E-state index contributed by atoms with van der Waals surface area (Å²) in [4.78, 5) is 12.1. The molecule has 0 radical (unpaired) electrons. The molecule has 1 amide bonds. The van der Waals surface area contributed by atoms with Gasteiger partial charge in [0.15, 0.2) is 11.0 Å². The number of aromatic nitrogens is 3. The number of nitrogens with one attached hydrogen (secondary N) is 2. The van der Waals surface area contributed by atoms with Crippen LogP contribution in [0.2, 0.25) is 0 Å². The van der Waals surface area contributed by atoms with E-state index in [4.69, 9.17) is 9.47 Å². The summed E-state index contributed by atoms with van der Waals surface area (Å²) in [6.07, 6.45) is 5.95. The number of benzene rings is 1. The first kappa shape index (κ1) is 22.4. The van der Waals surface area contributed by atoms with Gasteiger partial charge in [-0.3, -0.25) is 4.79 Å². The van der Waals surface area contributed by atoms with Crippen LogP contribution in [0.1, 0.15) is 44.0 Å². The highest BCUT2D eigenvalue weighted by Crippen LogP contribution is 2.33. The average Bonchev–Trinajstić information content (AvgIpc) is 3.20. The highest BCUT2D eigenvalue weighted by molar-refractivity contribution is 7.99. The second-order valence-corrected chi connectivity index (χ2v) is 8.22. The van der Waals surface area contributed by atoms with Gasteiger partial charge in [-0.25, -0.2) is 0 Å². The number of ether oxygens (including phenoxy) is 2. The van der Waals surface area contributed by atoms with Gasteiger partial charge in [-0.1, -0.05) is 37.1 Å². The predicted molar refractivity (Wildman–Crippen MR) is 118 cm³/mol. The SMILES string of the molecule is COCCNC(=O)CSc1nnc(CNc2cccc(OC)c2)n1C1CCCCC1. The van der Waals surface area contributed by atoms with E-state index in [2.05, 4.69) is 25.4 Å². The Morgan fingerprint density at radius 1 is 1.23 bits per heavy atom. The quantitative estimate of drug-likeness (QED) is 0.415. The van der Waals surface area contributed by atoms with Crippen LogP contribution in [0.25, 0.3) is 0 Å². The first-order chi connectivity index (χ1) is 14.7. The van der Waals surface area contributed by atoms with E-state index in [1.54, 1.807) is 14.2 Å². The van der Waals surface area contributed by atoms with Gasteiger partial charge in [-0.2, -0.15) is 0 Å². The Morgan fingerprint density at radius 2 is 2.07 bits per heavy atom. The molecule has 0 atom stereocenters. The molecule has 1 aromatic heterocycles. The average molecular weight is 434 g/mol.